The van der Waals surface area contributed by atoms with Crippen molar-refractivity contribution in [1.29, 1.82) is 0 Å². The number of alkyl halides is 3. The molecule has 7 rings (SSSR count). The molecule has 2 aromatic carbocycles. The number of likely N-dealkylation sites (tertiary alicyclic amines) is 1. The molecule has 13 heteroatoms. The van der Waals surface area contributed by atoms with E-state index in [1.54, 1.807) is 0 Å². The predicted octanol–water partition coefficient (Wildman–Crippen LogP) is 4.98. The van der Waals surface area contributed by atoms with Crippen LogP contribution >= 0.6 is 0 Å². The Morgan fingerprint density at radius 2 is 1.87 bits per heavy atom. The van der Waals surface area contributed by atoms with Crippen molar-refractivity contribution in [2.45, 2.75) is 50.2 Å². The molecule has 45 heavy (non-hydrogen) atoms. The van der Waals surface area contributed by atoms with Gasteiger partial charge in [-0.15, -0.1) is 19.6 Å². The van der Waals surface area contributed by atoms with Gasteiger partial charge in [-0.1, -0.05) is 12.0 Å². The summed E-state index contributed by atoms with van der Waals surface area (Å²) in [6.07, 6.45) is 5.56. The molecular formula is C32H30F4N6O3. The number of nitrogens with zero attached hydrogens (tertiary/aromatic N) is 5. The van der Waals surface area contributed by atoms with E-state index in [4.69, 9.17) is 11.2 Å². The third-order valence-corrected chi connectivity index (χ3v) is 8.92. The van der Waals surface area contributed by atoms with Gasteiger partial charge in [0.25, 0.3) is 0 Å². The number of pyridine rings is 1. The van der Waals surface area contributed by atoms with Gasteiger partial charge in [-0.3, -0.25) is 0 Å². The van der Waals surface area contributed by atoms with E-state index in [1.165, 1.54) is 24.4 Å². The molecule has 3 aliphatic rings. The second kappa shape index (κ2) is 11.2. The topological polar surface area (TPSA) is 95.9 Å². The average Bonchev–Trinajstić information content (AvgIpc) is 3.57. The Kier molecular flexibility index (Phi) is 7.29. The number of fused-ring (bicyclic) bond motifs is 4. The van der Waals surface area contributed by atoms with Crippen LogP contribution in [-0.2, 0) is 0 Å². The maximum absolute atomic E-state index is 14.9. The van der Waals surface area contributed by atoms with Gasteiger partial charge in [-0.2, -0.15) is 9.97 Å². The van der Waals surface area contributed by atoms with E-state index in [2.05, 4.69) is 35.8 Å². The van der Waals surface area contributed by atoms with E-state index in [9.17, 15) is 22.7 Å². The van der Waals surface area contributed by atoms with E-state index in [0.29, 0.717) is 24.3 Å². The number of hydrogen-bond acceptors (Lipinski definition) is 9. The molecule has 0 amide bonds. The standard InChI is InChI=1S/C32H30F4N6O3/c1-3-22-25(33)9-6-17-11-21(43)12-23(26(17)22)24-13-37-28-27(29(24)45-32(34,35)36)39-31(44-16-20-5-4-10-41(20)2)40-30(28)42-14-18-7-8-19(15-42)38-18/h1,6,9,11-13,18-20,38,43H,4-5,7-8,10,14-16H2,2H3/t18?,19?,20-/m0/s1. The number of nitrogens with one attached hydrogen (secondary N) is 1. The Hall–Kier alpha value is -4.41. The van der Waals surface area contributed by atoms with Crippen molar-refractivity contribution in [2.75, 3.05) is 38.2 Å². The number of phenolic OH excluding ortho intramolecular Hbond substituents is 1. The summed E-state index contributed by atoms with van der Waals surface area (Å²) in [5.41, 5.74) is -0.496. The van der Waals surface area contributed by atoms with Gasteiger partial charge in [0, 0.05) is 48.4 Å². The zero-order chi connectivity index (χ0) is 31.5. The lowest BCUT2D eigenvalue weighted by atomic mass is 9.94. The van der Waals surface area contributed by atoms with E-state index >= 15 is 0 Å². The van der Waals surface area contributed by atoms with Crippen LogP contribution < -0.4 is 19.7 Å². The fraction of sp³-hybridized carbons (Fsp3) is 0.406. The van der Waals surface area contributed by atoms with Gasteiger partial charge in [0.2, 0.25) is 0 Å². The van der Waals surface area contributed by atoms with Crippen molar-refractivity contribution in [1.82, 2.24) is 25.2 Å². The van der Waals surface area contributed by atoms with Gasteiger partial charge >= 0.3 is 12.4 Å². The van der Waals surface area contributed by atoms with Gasteiger partial charge in [0.1, 0.15) is 29.2 Å². The number of hydrogen-bond donors (Lipinski definition) is 2. The van der Waals surface area contributed by atoms with Crippen LogP contribution in [0.5, 0.6) is 17.5 Å². The summed E-state index contributed by atoms with van der Waals surface area (Å²) in [7, 11) is 1.99. The maximum atomic E-state index is 14.9. The van der Waals surface area contributed by atoms with Crippen LogP contribution in [-0.4, -0.2) is 82.7 Å². The minimum absolute atomic E-state index is 0.00141. The molecule has 9 nitrogen and oxygen atoms in total. The number of aromatic hydroxyl groups is 1. The third kappa shape index (κ3) is 5.53. The van der Waals surface area contributed by atoms with E-state index < -0.39 is 17.9 Å². The lowest BCUT2D eigenvalue weighted by molar-refractivity contribution is -0.273. The van der Waals surface area contributed by atoms with Crippen LogP contribution in [0.4, 0.5) is 23.4 Å². The number of rotatable bonds is 6. The van der Waals surface area contributed by atoms with Crippen LogP contribution in [0.15, 0.2) is 30.5 Å². The molecule has 3 fully saturated rings. The van der Waals surface area contributed by atoms with Crippen LogP contribution in [0.1, 0.15) is 31.2 Å². The number of benzene rings is 2. The van der Waals surface area contributed by atoms with Crippen molar-refractivity contribution >= 4 is 27.6 Å². The molecule has 234 valence electrons. The van der Waals surface area contributed by atoms with Crippen molar-refractivity contribution in [3.8, 4) is 41.0 Å². The Balaban J connectivity index is 1.46. The average molecular weight is 623 g/mol. The fourth-order valence-electron chi connectivity index (χ4n) is 6.82. The summed E-state index contributed by atoms with van der Waals surface area (Å²) >= 11 is 0. The maximum Gasteiger partial charge on any atom is 0.573 e. The first kappa shape index (κ1) is 29.3. The quantitative estimate of drug-likeness (QED) is 0.228. The predicted molar refractivity (Wildman–Crippen MR) is 160 cm³/mol. The zero-order valence-corrected chi connectivity index (χ0v) is 24.4. The number of piperazine rings is 1. The third-order valence-electron chi connectivity index (χ3n) is 8.92. The monoisotopic (exact) mass is 622 g/mol. The lowest BCUT2D eigenvalue weighted by Gasteiger charge is -2.34. The highest BCUT2D eigenvalue weighted by Crippen LogP contribution is 2.45. The summed E-state index contributed by atoms with van der Waals surface area (Å²) < 4.78 is 68.1. The summed E-state index contributed by atoms with van der Waals surface area (Å²) in [5, 5.41) is 14.5. The minimum atomic E-state index is -5.14. The van der Waals surface area contributed by atoms with Crippen molar-refractivity contribution in [3.05, 3.63) is 41.8 Å². The molecule has 0 saturated carbocycles. The number of terminal acetylenes is 1. The second-order valence-electron chi connectivity index (χ2n) is 11.9. The van der Waals surface area contributed by atoms with Crippen molar-refractivity contribution in [3.63, 3.8) is 0 Å². The van der Waals surface area contributed by atoms with Crippen molar-refractivity contribution < 1.29 is 32.1 Å². The molecule has 5 heterocycles. The number of ether oxygens (including phenoxy) is 2. The molecular weight excluding hydrogens is 592 g/mol. The molecule has 2 aromatic heterocycles. The summed E-state index contributed by atoms with van der Waals surface area (Å²) in [6, 6.07) is 5.48. The molecule has 2 unspecified atom stereocenters. The molecule has 0 aliphatic carbocycles. The number of anilines is 1. The highest BCUT2D eigenvalue weighted by atomic mass is 19.4. The smallest absolute Gasteiger partial charge is 0.508 e. The van der Waals surface area contributed by atoms with E-state index in [-0.39, 0.29) is 69.6 Å². The molecule has 3 aliphatic heterocycles. The van der Waals surface area contributed by atoms with Gasteiger partial charge < -0.3 is 29.7 Å². The summed E-state index contributed by atoms with van der Waals surface area (Å²) in [5.74, 6) is 0.935. The highest BCUT2D eigenvalue weighted by molar-refractivity contribution is 6.05. The first-order valence-electron chi connectivity index (χ1n) is 14.8. The molecule has 3 atom stereocenters. The second-order valence-corrected chi connectivity index (χ2v) is 11.9. The highest BCUT2D eigenvalue weighted by Gasteiger charge is 2.37. The SMILES string of the molecule is C#Cc1c(F)ccc2cc(O)cc(-c3cnc4c(N5CC6CCC(C5)N6)nc(OC[C@@H]5CCCN5C)nc4c3OC(F)(F)F)c12. The van der Waals surface area contributed by atoms with Crippen LogP contribution in [0, 0.1) is 18.2 Å². The van der Waals surface area contributed by atoms with Gasteiger partial charge in [0.15, 0.2) is 11.6 Å². The van der Waals surface area contributed by atoms with Crippen molar-refractivity contribution in [2.24, 2.45) is 0 Å². The molecule has 2 N–H and O–H groups in total. The summed E-state index contributed by atoms with van der Waals surface area (Å²) in [4.78, 5) is 17.9. The summed E-state index contributed by atoms with van der Waals surface area (Å²) in [6.45, 7) is 2.32. The van der Waals surface area contributed by atoms with E-state index in [0.717, 1.165) is 38.3 Å². The van der Waals surface area contributed by atoms with Gasteiger partial charge in [-0.05, 0) is 68.4 Å². The molecule has 0 spiro atoms. The Labute approximate surface area is 256 Å². The largest absolute Gasteiger partial charge is 0.573 e. The molecule has 3 saturated heterocycles. The first-order valence-corrected chi connectivity index (χ1v) is 14.8. The van der Waals surface area contributed by atoms with Crippen LogP contribution in [0.3, 0.4) is 0 Å². The molecule has 2 bridgehead atoms. The Morgan fingerprint density at radius 3 is 2.56 bits per heavy atom. The minimum Gasteiger partial charge on any atom is -0.508 e. The lowest BCUT2D eigenvalue weighted by Crippen LogP contribution is -2.51. The Bertz CT molecular complexity index is 1830. The van der Waals surface area contributed by atoms with Crippen LogP contribution in [0.2, 0.25) is 0 Å². The molecule has 0 radical (unpaired) electrons. The number of halogens is 4. The fourth-order valence-corrected chi connectivity index (χ4v) is 6.82. The first-order chi connectivity index (χ1) is 21.6. The van der Waals surface area contributed by atoms with Gasteiger partial charge in [0.05, 0.1) is 5.56 Å². The Morgan fingerprint density at radius 1 is 1.09 bits per heavy atom. The molecule has 4 aromatic rings. The zero-order valence-electron chi connectivity index (χ0n) is 24.4. The normalized spacial score (nSPS) is 21.9. The van der Waals surface area contributed by atoms with E-state index in [1.807, 2.05) is 11.9 Å². The number of phenols is 1. The number of aromatic nitrogens is 3. The van der Waals surface area contributed by atoms with Gasteiger partial charge in [-0.25, -0.2) is 9.37 Å². The number of likely N-dealkylation sites (N-methyl/N-ethyl adjacent to an activating group) is 1. The van der Waals surface area contributed by atoms with Crippen LogP contribution in [0.25, 0.3) is 32.9 Å².